The van der Waals surface area contributed by atoms with Gasteiger partial charge >= 0.3 is 0 Å². The maximum atomic E-state index is 13.8. The normalized spacial score (nSPS) is 11.9. The molecule has 0 aliphatic heterocycles. The van der Waals surface area contributed by atoms with E-state index >= 15 is 0 Å². The molecule has 0 saturated heterocycles. The number of rotatable bonds is 8. The van der Waals surface area contributed by atoms with Crippen LogP contribution >= 0.6 is 15.9 Å². The van der Waals surface area contributed by atoms with Gasteiger partial charge in [0.05, 0.1) is 42.4 Å². The van der Waals surface area contributed by atoms with Gasteiger partial charge < -0.3 is 14.2 Å². The zero-order valence-corrected chi connectivity index (χ0v) is 25.9. The summed E-state index contributed by atoms with van der Waals surface area (Å²) in [6, 6.07) is 15.1. The molecular weight excluding hydrogens is 570 g/mol. The van der Waals surface area contributed by atoms with E-state index in [0.717, 1.165) is 32.5 Å². The van der Waals surface area contributed by atoms with Crippen molar-refractivity contribution in [3.8, 4) is 28.6 Å². The molecule has 7 nitrogen and oxygen atoms in total. The molecule has 1 aromatic heterocycles. The summed E-state index contributed by atoms with van der Waals surface area (Å²) >= 11 is 3.62. The lowest BCUT2D eigenvalue weighted by Gasteiger charge is -2.21. The molecule has 1 heterocycles. The molecule has 0 aliphatic carbocycles. The molecule has 0 spiro atoms. The third-order valence-electron chi connectivity index (χ3n) is 6.42. The second-order valence-electron chi connectivity index (χ2n) is 11.3. The Labute approximate surface area is 243 Å². The van der Waals surface area contributed by atoms with Crippen molar-refractivity contribution >= 4 is 33.0 Å². The van der Waals surface area contributed by atoms with E-state index in [2.05, 4.69) is 55.7 Å². The van der Waals surface area contributed by atoms with E-state index < -0.39 is 0 Å². The average molecular weight is 607 g/mol. The SMILES string of the molecule is COc1cc(C)c(-c2nc3ccccc3c(=O)n2N=Cc2cc(Br)c(OCC(C)(C)C)c(OC)c2)cc1C(C)C. The van der Waals surface area contributed by atoms with E-state index in [1.54, 1.807) is 26.5 Å². The van der Waals surface area contributed by atoms with Crippen LogP contribution in [0.3, 0.4) is 0 Å². The number of methoxy groups -OCH3 is 2. The van der Waals surface area contributed by atoms with Crippen LogP contribution in [0.25, 0.3) is 22.3 Å². The first kappa shape index (κ1) is 29.3. The third kappa shape index (κ3) is 6.22. The highest BCUT2D eigenvalue weighted by Crippen LogP contribution is 2.38. The average Bonchev–Trinajstić information content (AvgIpc) is 2.90. The maximum Gasteiger partial charge on any atom is 0.282 e. The molecule has 0 saturated carbocycles. The van der Waals surface area contributed by atoms with Gasteiger partial charge in [0.1, 0.15) is 5.75 Å². The van der Waals surface area contributed by atoms with Crippen molar-refractivity contribution in [1.29, 1.82) is 0 Å². The number of para-hydroxylation sites is 1. The van der Waals surface area contributed by atoms with Gasteiger partial charge in [0.2, 0.25) is 0 Å². The molecule has 4 rings (SSSR count). The van der Waals surface area contributed by atoms with Crippen molar-refractivity contribution in [2.45, 2.75) is 47.5 Å². The second kappa shape index (κ2) is 11.8. The number of benzene rings is 3. The van der Waals surface area contributed by atoms with Crippen LogP contribution < -0.4 is 19.8 Å². The lowest BCUT2D eigenvalue weighted by Crippen LogP contribution is -2.21. The fraction of sp³-hybridized carbons (Fsp3) is 0.344. The molecule has 40 heavy (non-hydrogen) atoms. The molecule has 0 unspecified atom stereocenters. The molecule has 0 amide bonds. The fourth-order valence-electron chi connectivity index (χ4n) is 4.34. The Morgan fingerprint density at radius 2 is 1.75 bits per heavy atom. The van der Waals surface area contributed by atoms with E-state index in [1.165, 1.54) is 4.68 Å². The summed E-state index contributed by atoms with van der Waals surface area (Å²) in [5.41, 5.74) is 3.84. The fourth-order valence-corrected chi connectivity index (χ4v) is 4.91. The summed E-state index contributed by atoms with van der Waals surface area (Å²) in [6.45, 7) is 13.0. The van der Waals surface area contributed by atoms with Gasteiger partial charge in [-0.2, -0.15) is 9.78 Å². The zero-order chi connectivity index (χ0) is 29.2. The molecular formula is C32H36BrN3O4. The Balaban J connectivity index is 1.88. The van der Waals surface area contributed by atoms with Crippen LogP contribution in [0.15, 0.2) is 62.9 Å². The van der Waals surface area contributed by atoms with Gasteiger partial charge in [-0.05, 0) is 87.3 Å². The van der Waals surface area contributed by atoms with E-state index in [4.69, 9.17) is 19.2 Å². The summed E-state index contributed by atoms with van der Waals surface area (Å²) in [5, 5.41) is 5.15. The molecule has 0 atom stereocenters. The first-order valence-electron chi connectivity index (χ1n) is 13.2. The summed E-state index contributed by atoms with van der Waals surface area (Å²) in [5.74, 6) is 2.66. The molecule has 4 aromatic rings. The van der Waals surface area contributed by atoms with Crippen molar-refractivity contribution in [3.05, 3.63) is 80.0 Å². The van der Waals surface area contributed by atoms with E-state index in [1.807, 2.05) is 49.4 Å². The summed E-state index contributed by atoms with van der Waals surface area (Å²) in [7, 11) is 3.27. The standard InChI is InChI=1S/C32H36BrN3O4/c1-19(2)23-16-24(20(3)13-27(23)38-7)30-35-26-12-10-9-11-22(26)31(37)36(30)34-17-21-14-25(33)29(28(15-21)39-8)40-18-32(4,5)6/h9-17,19H,18H2,1-8H3. The van der Waals surface area contributed by atoms with Crippen LogP contribution in [0.1, 0.15) is 57.2 Å². The van der Waals surface area contributed by atoms with E-state index in [9.17, 15) is 4.79 Å². The first-order valence-corrected chi connectivity index (χ1v) is 14.0. The topological polar surface area (TPSA) is 74.9 Å². The lowest BCUT2D eigenvalue weighted by atomic mass is 9.96. The van der Waals surface area contributed by atoms with Gasteiger partial charge in [0, 0.05) is 5.56 Å². The van der Waals surface area contributed by atoms with Crippen LogP contribution in [-0.4, -0.2) is 36.7 Å². The number of hydrogen-bond acceptors (Lipinski definition) is 6. The van der Waals surface area contributed by atoms with Crippen molar-refractivity contribution in [2.24, 2.45) is 10.5 Å². The van der Waals surface area contributed by atoms with Crippen molar-refractivity contribution < 1.29 is 14.2 Å². The minimum Gasteiger partial charge on any atom is -0.496 e. The van der Waals surface area contributed by atoms with Crippen LogP contribution in [0, 0.1) is 12.3 Å². The van der Waals surface area contributed by atoms with Gasteiger partial charge in [-0.15, -0.1) is 0 Å². The predicted octanol–water partition coefficient (Wildman–Crippen LogP) is 7.58. The number of hydrogen-bond donors (Lipinski definition) is 0. The number of aryl methyl sites for hydroxylation is 1. The quantitative estimate of drug-likeness (QED) is 0.193. The minimum absolute atomic E-state index is 0.0136. The highest BCUT2D eigenvalue weighted by molar-refractivity contribution is 9.10. The van der Waals surface area contributed by atoms with Gasteiger partial charge in [0.25, 0.3) is 5.56 Å². The van der Waals surface area contributed by atoms with Crippen LogP contribution in [0.5, 0.6) is 17.2 Å². The molecule has 3 aromatic carbocycles. The van der Waals surface area contributed by atoms with Crippen molar-refractivity contribution in [1.82, 2.24) is 9.66 Å². The summed E-state index contributed by atoms with van der Waals surface area (Å²) in [6.07, 6.45) is 1.63. The Morgan fingerprint density at radius 1 is 1.05 bits per heavy atom. The van der Waals surface area contributed by atoms with Crippen LogP contribution in [-0.2, 0) is 0 Å². The molecule has 0 N–H and O–H groups in total. The van der Waals surface area contributed by atoms with Crippen LogP contribution in [0.2, 0.25) is 0 Å². The molecule has 8 heteroatoms. The number of fused-ring (bicyclic) bond motifs is 1. The molecule has 0 fully saturated rings. The highest BCUT2D eigenvalue weighted by atomic mass is 79.9. The maximum absolute atomic E-state index is 13.8. The molecule has 0 radical (unpaired) electrons. The number of halogens is 1. The smallest absolute Gasteiger partial charge is 0.282 e. The lowest BCUT2D eigenvalue weighted by molar-refractivity contribution is 0.190. The monoisotopic (exact) mass is 605 g/mol. The van der Waals surface area contributed by atoms with Crippen LogP contribution in [0.4, 0.5) is 0 Å². The van der Waals surface area contributed by atoms with E-state index in [0.29, 0.717) is 34.8 Å². The van der Waals surface area contributed by atoms with Gasteiger partial charge in [-0.1, -0.05) is 46.8 Å². The third-order valence-corrected chi connectivity index (χ3v) is 7.01. The Bertz CT molecular complexity index is 1630. The van der Waals surface area contributed by atoms with Gasteiger partial charge in [-0.25, -0.2) is 4.98 Å². The Hall–Kier alpha value is -3.65. The first-order chi connectivity index (χ1) is 18.9. The number of aromatic nitrogens is 2. The predicted molar refractivity (Wildman–Crippen MR) is 165 cm³/mol. The number of ether oxygens (including phenoxy) is 3. The van der Waals surface area contributed by atoms with Crippen molar-refractivity contribution in [2.75, 3.05) is 20.8 Å². The highest BCUT2D eigenvalue weighted by Gasteiger charge is 2.19. The minimum atomic E-state index is -0.255. The Kier molecular flexibility index (Phi) is 8.68. The van der Waals surface area contributed by atoms with Gasteiger partial charge in [-0.3, -0.25) is 4.79 Å². The molecule has 0 aliphatic rings. The van der Waals surface area contributed by atoms with E-state index in [-0.39, 0.29) is 16.9 Å². The summed E-state index contributed by atoms with van der Waals surface area (Å²) in [4.78, 5) is 18.7. The largest absolute Gasteiger partial charge is 0.496 e. The molecule has 0 bridgehead atoms. The summed E-state index contributed by atoms with van der Waals surface area (Å²) < 4.78 is 19.4. The zero-order valence-electron chi connectivity index (χ0n) is 24.3. The second-order valence-corrected chi connectivity index (χ2v) is 12.1. The Morgan fingerprint density at radius 3 is 2.40 bits per heavy atom. The van der Waals surface area contributed by atoms with Gasteiger partial charge in [0.15, 0.2) is 17.3 Å². The number of nitrogens with zero attached hydrogens (tertiary/aromatic N) is 3. The van der Waals surface area contributed by atoms with Crippen molar-refractivity contribution in [3.63, 3.8) is 0 Å². The molecule has 210 valence electrons.